The van der Waals surface area contributed by atoms with Crippen molar-refractivity contribution in [3.8, 4) is 11.4 Å². The summed E-state index contributed by atoms with van der Waals surface area (Å²) >= 11 is 0. The summed E-state index contributed by atoms with van der Waals surface area (Å²) in [5.41, 5.74) is 2.68. The Balaban J connectivity index is 1.62. The maximum Gasteiger partial charge on any atom is 0.255 e. The zero-order valence-electron chi connectivity index (χ0n) is 16.2. The number of rotatable bonds is 7. The van der Waals surface area contributed by atoms with Crippen molar-refractivity contribution < 1.29 is 4.79 Å². The standard InChI is InChI=1S/C22H24N4O2/c1-16-19(22(28)25-21(24-16)18-11-6-12-23-15-18)14-20(27)26(2)13-7-10-17-8-4-3-5-9-17/h3-6,8-9,11-12,15H,7,10,13-14H2,1-2H3,(H,24,25,28). The third kappa shape index (κ3) is 4.91. The third-order valence-corrected chi connectivity index (χ3v) is 4.71. The average molecular weight is 376 g/mol. The van der Waals surface area contributed by atoms with E-state index in [4.69, 9.17) is 0 Å². The molecular weight excluding hydrogens is 352 g/mol. The molecule has 0 radical (unpaired) electrons. The highest BCUT2D eigenvalue weighted by Gasteiger charge is 2.16. The normalized spacial score (nSPS) is 10.6. The number of benzene rings is 1. The predicted octanol–water partition coefficient (Wildman–Crippen LogP) is 2.77. The lowest BCUT2D eigenvalue weighted by Crippen LogP contribution is -2.32. The van der Waals surface area contributed by atoms with E-state index in [1.165, 1.54) is 5.56 Å². The number of aryl methyl sites for hydroxylation is 2. The number of pyridine rings is 1. The number of aromatic nitrogens is 3. The molecule has 0 saturated carbocycles. The van der Waals surface area contributed by atoms with E-state index < -0.39 is 0 Å². The van der Waals surface area contributed by atoms with E-state index in [1.54, 1.807) is 37.3 Å². The Morgan fingerprint density at radius 2 is 1.93 bits per heavy atom. The summed E-state index contributed by atoms with van der Waals surface area (Å²) in [5.74, 6) is 0.376. The highest BCUT2D eigenvalue weighted by Crippen LogP contribution is 2.13. The van der Waals surface area contributed by atoms with E-state index in [-0.39, 0.29) is 17.9 Å². The molecule has 3 aromatic rings. The zero-order valence-corrected chi connectivity index (χ0v) is 16.2. The van der Waals surface area contributed by atoms with Gasteiger partial charge in [-0.15, -0.1) is 0 Å². The smallest absolute Gasteiger partial charge is 0.255 e. The van der Waals surface area contributed by atoms with Crippen LogP contribution in [0.15, 0.2) is 59.7 Å². The molecule has 1 aromatic carbocycles. The summed E-state index contributed by atoms with van der Waals surface area (Å²) in [6.45, 7) is 2.40. The largest absolute Gasteiger partial charge is 0.345 e. The second kappa shape index (κ2) is 9.08. The number of nitrogens with zero attached hydrogens (tertiary/aromatic N) is 3. The molecule has 2 aromatic heterocycles. The molecule has 0 saturated heterocycles. The average Bonchev–Trinajstić information content (AvgIpc) is 2.71. The Kier molecular flexibility index (Phi) is 6.32. The highest BCUT2D eigenvalue weighted by atomic mass is 16.2. The summed E-state index contributed by atoms with van der Waals surface area (Å²) in [6.07, 6.45) is 5.14. The first-order chi connectivity index (χ1) is 13.5. The Morgan fingerprint density at radius 1 is 1.14 bits per heavy atom. The van der Waals surface area contributed by atoms with Gasteiger partial charge in [-0.3, -0.25) is 14.6 Å². The minimum atomic E-state index is -0.280. The number of likely N-dealkylation sites (N-methyl/N-ethyl adjacent to an activating group) is 1. The van der Waals surface area contributed by atoms with Gasteiger partial charge in [-0.25, -0.2) is 4.98 Å². The first-order valence-electron chi connectivity index (χ1n) is 9.32. The van der Waals surface area contributed by atoms with Crippen molar-refractivity contribution in [3.05, 3.63) is 82.0 Å². The van der Waals surface area contributed by atoms with Gasteiger partial charge in [0, 0.05) is 42.8 Å². The van der Waals surface area contributed by atoms with Gasteiger partial charge in [-0.2, -0.15) is 0 Å². The number of carbonyl (C=O) groups excluding carboxylic acids is 1. The Bertz CT molecular complexity index is 984. The van der Waals surface area contributed by atoms with Crippen LogP contribution in [0.4, 0.5) is 0 Å². The molecular formula is C22H24N4O2. The van der Waals surface area contributed by atoms with Crippen molar-refractivity contribution in [2.45, 2.75) is 26.2 Å². The summed E-state index contributed by atoms with van der Waals surface area (Å²) in [5, 5.41) is 0. The molecule has 6 nitrogen and oxygen atoms in total. The van der Waals surface area contributed by atoms with Gasteiger partial charge in [0.25, 0.3) is 5.56 Å². The molecule has 1 N–H and O–H groups in total. The van der Waals surface area contributed by atoms with Crippen LogP contribution in [0.5, 0.6) is 0 Å². The molecule has 6 heteroatoms. The molecule has 0 aliphatic rings. The molecule has 28 heavy (non-hydrogen) atoms. The molecule has 0 bridgehead atoms. The second-order valence-corrected chi connectivity index (χ2v) is 6.80. The number of hydrogen-bond acceptors (Lipinski definition) is 4. The molecule has 0 atom stereocenters. The number of carbonyl (C=O) groups is 1. The van der Waals surface area contributed by atoms with Gasteiger partial charge in [0.2, 0.25) is 5.91 Å². The minimum Gasteiger partial charge on any atom is -0.345 e. The lowest BCUT2D eigenvalue weighted by Gasteiger charge is -2.17. The predicted molar refractivity (Wildman–Crippen MR) is 109 cm³/mol. The first-order valence-corrected chi connectivity index (χ1v) is 9.32. The number of amides is 1. The van der Waals surface area contributed by atoms with E-state index >= 15 is 0 Å². The fraction of sp³-hybridized carbons (Fsp3) is 0.273. The van der Waals surface area contributed by atoms with E-state index in [0.717, 1.165) is 18.4 Å². The number of aromatic amines is 1. The van der Waals surface area contributed by atoms with Crippen molar-refractivity contribution >= 4 is 5.91 Å². The van der Waals surface area contributed by atoms with Crippen LogP contribution in [0.2, 0.25) is 0 Å². The van der Waals surface area contributed by atoms with Crippen molar-refractivity contribution in [3.63, 3.8) is 0 Å². The van der Waals surface area contributed by atoms with Crippen LogP contribution in [0.1, 0.15) is 23.2 Å². The van der Waals surface area contributed by atoms with Crippen molar-refractivity contribution in [2.24, 2.45) is 0 Å². The van der Waals surface area contributed by atoms with Crippen LogP contribution >= 0.6 is 0 Å². The van der Waals surface area contributed by atoms with Crippen molar-refractivity contribution in [1.82, 2.24) is 19.9 Å². The van der Waals surface area contributed by atoms with Gasteiger partial charge < -0.3 is 9.88 Å². The molecule has 0 aliphatic heterocycles. The molecule has 0 spiro atoms. The van der Waals surface area contributed by atoms with Crippen LogP contribution in [0.25, 0.3) is 11.4 Å². The van der Waals surface area contributed by atoms with Gasteiger partial charge in [0.05, 0.1) is 6.42 Å². The van der Waals surface area contributed by atoms with E-state index in [1.807, 2.05) is 24.3 Å². The fourth-order valence-corrected chi connectivity index (χ4v) is 3.03. The molecule has 2 heterocycles. The van der Waals surface area contributed by atoms with Crippen LogP contribution in [0, 0.1) is 6.92 Å². The Hall–Kier alpha value is -3.28. The van der Waals surface area contributed by atoms with Crippen LogP contribution < -0.4 is 5.56 Å². The van der Waals surface area contributed by atoms with Gasteiger partial charge in [-0.1, -0.05) is 30.3 Å². The second-order valence-electron chi connectivity index (χ2n) is 6.80. The molecule has 1 amide bonds. The topological polar surface area (TPSA) is 79.0 Å². The first kappa shape index (κ1) is 19.5. The number of nitrogens with one attached hydrogen (secondary N) is 1. The van der Waals surface area contributed by atoms with E-state index in [2.05, 4.69) is 27.1 Å². The fourth-order valence-electron chi connectivity index (χ4n) is 3.03. The molecule has 0 unspecified atom stereocenters. The summed E-state index contributed by atoms with van der Waals surface area (Å²) in [4.78, 5) is 38.0. The summed E-state index contributed by atoms with van der Waals surface area (Å²) < 4.78 is 0. The van der Waals surface area contributed by atoms with Crippen LogP contribution in [-0.4, -0.2) is 39.4 Å². The van der Waals surface area contributed by atoms with E-state index in [9.17, 15) is 9.59 Å². The van der Waals surface area contributed by atoms with Gasteiger partial charge in [0.1, 0.15) is 5.82 Å². The van der Waals surface area contributed by atoms with Crippen molar-refractivity contribution in [2.75, 3.05) is 13.6 Å². The summed E-state index contributed by atoms with van der Waals surface area (Å²) in [6, 6.07) is 13.8. The lowest BCUT2D eigenvalue weighted by atomic mass is 10.1. The van der Waals surface area contributed by atoms with Crippen LogP contribution in [0.3, 0.4) is 0 Å². The lowest BCUT2D eigenvalue weighted by molar-refractivity contribution is -0.129. The Morgan fingerprint density at radius 3 is 2.61 bits per heavy atom. The number of H-pyrrole nitrogens is 1. The highest BCUT2D eigenvalue weighted by molar-refractivity contribution is 5.78. The van der Waals surface area contributed by atoms with Gasteiger partial charge >= 0.3 is 0 Å². The quantitative estimate of drug-likeness (QED) is 0.688. The zero-order chi connectivity index (χ0) is 19.9. The molecule has 3 rings (SSSR count). The maximum absolute atomic E-state index is 12.5. The SMILES string of the molecule is Cc1nc(-c2cccnc2)[nH]c(=O)c1CC(=O)N(C)CCCc1ccccc1. The monoisotopic (exact) mass is 376 g/mol. The van der Waals surface area contributed by atoms with Crippen molar-refractivity contribution in [1.29, 1.82) is 0 Å². The molecule has 0 aliphatic carbocycles. The minimum absolute atomic E-state index is 0.0450. The van der Waals surface area contributed by atoms with Gasteiger partial charge in [-0.05, 0) is 37.5 Å². The molecule has 0 fully saturated rings. The van der Waals surface area contributed by atoms with Gasteiger partial charge in [0.15, 0.2) is 0 Å². The summed E-state index contributed by atoms with van der Waals surface area (Å²) in [7, 11) is 1.77. The Labute approximate surface area is 164 Å². The van der Waals surface area contributed by atoms with Crippen LogP contribution in [-0.2, 0) is 17.6 Å². The maximum atomic E-state index is 12.5. The number of hydrogen-bond donors (Lipinski definition) is 1. The third-order valence-electron chi connectivity index (χ3n) is 4.71. The molecule has 144 valence electrons. The van der Waals surface area contributed by atoms with E-state index in [0.29, 0.717) is 23.6 Å².